The lowest BCUT2D eigenvalue weighted by atomic mass is 10.3. The zero-order valence-electron chi connectivity index (χ0n) is 11.8. The van der Waals surface area contributed by atoms with E-state index in [1.165, 1.54) is 0 Å². The van der Waals surface area contributed by atoms with Crippen LogP contribution in [0, 0.1) is 0 Å². The zero-order valence-corrected chi connectivity index (χ0v) is 11.8. The number of nitrogens with one attached hydrogen (secondary N) is 1. The quantitative estimate of drug-likeness (QED) is 0.566. The van der Waals surface area contributed by atoms with E-state index < -0.39 is 6.10 Å². The minimum Gasteiger partial charge on any atom is -0.389 e. The Morgan fingerprint density at radius 2 is 2.16 bits per heavy atom. The molecule has 6 nitrogen and oxygen atoms in total. The summed E-state index contributed by atoms with van der Waals surface area (Å²) in [5.41, 5.74) is 0. The second-order valence-corrected chi connectivity index (χ2v) is 4.49. The van der Waals surface area contributed by atoms with Gasteiger partial charge in [-0.25, -0.2) is 4.98 Å². The van der Waals surface area contributed by atoms with E-state index in [0.29, 0.717) is 33.0 Å². The van der Waals surface area contributed by atoms with Gasteiger partial charge in [-0.3, -0.25) is 0 Å². The van der Waals surface area contributed by atoms with E-state index >= 15 is 0 Å². The van der Waals surface area contributed by atoms with E-state index in [4.69, 9.17) is 9.47 Å². The van der Waals surface area contributed by atoms with Crippen LogP contribution in [0.2, 0.25) is 0 Å². The van der Waals surface area contributed by atoms with Gasteiger partial charge in [0, 0.05) is 38.1 Å². The first-order chi connectivity index (χ1) is 9.22. The molecule has 6 heteroatoms. The van der Waals surface area contributed by atoms with E-state index in [-0.39, 0.29) is 6.04 Å². The molecule has 0 saturated carbocycles. The molecule has 0 radical (unpaired) electrons. The number of aliphatic hydroxyl groups excluding tert-OH is 1. The molecule has 0 amide bonds. The van der Waals surface area contributed by atoms with Crippen molar-refractivity contribution in [3.05, 3.63) is 18.7 Å². The zero-order chi connectivity index (χ0) is 13.9. The van der Waals surface area contributed by atoms with Gasteiger partial charge in [0.25, 0.3) is 0 Å². The molecule has 1 aromatic rings. The molecule has 2 unspecified atom stereocenters. The normalized spacial score (nSPS) is 14.5. The van der Waals surface area contributed by atoms with Crippen LogP contribution in [0.1, 0.15) is 13.8 Å². The minimum absolute atomic E-state index is 0.271. The smallest absolute Gasteiger partial charge is 0.0946 e. The van der Waals surface area contributed by atoms with Gasteiger partial charge in [-0.1, -0.05) is 0 Å². The molecular weight excluding hydrogens is 246 g/mol. The first-order valence-corrected chi connectivity index (χ1v) is 6.75. The van der Waals surface area contributed by atoms with Crippen LogP contribution < -0.4 is 5.32 Å². The number of imidazole rings is 1. The maximum Gasteiger partial charge on any atom is 0.0946 e. The predicted octanol–water partition coefficient (Wildman–Crippen LogP) is 0.275. The van der Waals surface area contributed by atoms with Crippen molar-refractivity contribution in [3.63, 3.8) is 0 Å². The van der Waals surface area contributed by atoms with Crippen molar-refractivity contribution >= 4 is 0 Å². The van der Waals surface area contributed by atoms with Crippen LogP contribution in [0.5, 0.6) is 0 Å². The van der Waals surface area contributed by atoms with Crippen molar-refractivity contribution < 1.29 is 14.6 Å². The first-order valence-electron chi connectivity index (χ1n) is 6.75. The number of aromatic nitrogens is 2. The summed E-state index contributed by atoms with van der Waals surface area (Å²) in [5.74, 6) is 0. The van der Waals surface area contributed by atoms with Gasteiger partial charge >= 0.3 is 0 Å². The predicted molar refractivity (Wildman–Crippen MR) is 73.0 cm³/mol. The van der Waals surface area contributed by atoms with Gasteiger partial charge < -0.3 is 24.5 Å². The molecule has 2 atom stereocenters. The lowest BCUT2D eigenvalue weighted by molar-refractivity contribution is 0.00574. The van der Waals surface area contributed by atoms with Crippen molar-refractivity contribution in [2.24, 2.45) is 0 Å². The fraction of sp³-hybridized carbons (Fsp3) is 0.769. The monoisotopic (exact) mass is 271 g/mol. The van der Waals surface area contributed by atoms with E-state index in [2.05, 4.69) is 17.2 Å². The van der Waals surface area contributed by atoms with Crippen molar-refractivity contribution in [2.45, 2.75) is 32.5 Å². The summed E-state index contributed by atoms with van der Waals surface area (Å²) in [5, 5.41) is 13.0. The standard InChI is InChI=1S/C13H25N3O3/c1-3-18-6-7-19-10-13(17)8-15-12(2)9-16-5-4-14-11-16/h4-5,11-13,15,17H,3,6-10H2,1-2H3. The number of nitrogens with zero attached hydrogens (tertiary/aromatic N) is 2. The van der Waals surface area contributed by atoms with Crippen LogP contribution in [0.4, 0.5) is 0 Å². The highest BCUT2D eigenvalue weighted by Gasteiger charge is 2.07. The Bertz CT molecular complexity index is 306. The summed E-state index contributed by atoms with van der Waals surface area (Å²) in [7, 11) is 0. The van der Waals surface area contributed by atoms with Gasteiger partial charge in [-0.05, 0) is 13.8 Å². The average molecular weight is 271 g/mol. The van der Waals surface area contributed by atoms with Gasteiger partial charge in [-0.15, -0.1) is 0 Å². The number of ether oxygens (including phenoxy) is 2. The van der Waals surface area contributed by atoms with Gasteiger partial charge in [0.05, 0.1) is 32.3 Å². The summed E-state index contributed by atoms with van der Waals surface area (Å²) in [6.45, 7) is 7.49. The SMILES string of the molecule is CCOCCOCC(O)CNC(C)Cn1ccnc1. The molecule has 0 aliphatic heterocycles. The molecule has 110 valence electrons. The second-order valence-electron chi connectivity index (χ2n) is 4.49. The third-order valence-corrected chi connectivity index (χ3v) is 2.63. The van der Waals surface area contributed by atoms with Crippen LogP contribution in [0.25, 0.3) is 0 Å². The number of hydrogen-bond donors (Lipinski definition) is 2. The Labute approximate surface area is 114 Å². The molecule has 1 heterocycles. The van der Waals surface area contributed by atoms with Crippen LogP contribution in [-0.2, 0) is 16.0 Å². The van der Waals surface area contributed by atoms with Crippen LogP contribution in [0.15, 0.2) is 18.7 Å². The molecule has 1 rings (SSSR count). The molecule has 0 aliphatic rings. The molecule has 0 spiro atoms. The molecule has 0 fully saturated rings. The summed E-state index contributed by atoms with van der Waals surface area (Å²) in [6, 6.07) is 0.271. The van der Waals surface area contributed by atoms with Gasteiger partial charge in [0.2, 0.25) is 0 Å². The molecule has 0 aromatic carbocycles. The van der Waals surface area contributed by atoms with E-state index in [1.54, 1.807) is 12.5 Å². The van der Waals surface area contributed by atoms with Crippen molar-refractivity contribution in [1.29, 1.82) is 0 Å². The molecular formula is C13H25N3O3. The van der Waals surface area contributed by atoms with Crippen molar-refractivity contribution in [3.8, 4) is 0 Å². The highest BCUT2D eigenvalue weighted by atomic mass is 16.5. The third kappa shape index (κ3) is 7.94. The van der Waals surface area contributed by atoms with E-state index in [9.17, 15) is 5.11 Å². The Morgan fingerprint density at radius 3 is 2.84 bits per heavy atom. The summed E-state index contributed by atoms with van der Waals surface area (Å²) >= 11 is 0. The molecule has 1 aromatic heterocycles. The molecule has 0 saturated heterocycles. The molecule has 0 bridgehead atoms. The highest BCUT2D eigenvalue weighted by molar-refractivity contribution is 4.76. The van der Waals surface area contributed by atoms with Crippen molar-refractivity contribution in [1.82, 2.24) is 14.9 Å². The molecule has 0 aliphatic carbocycles. The largest absolute Gasteiger partial charge is 0.389 e. The lowest BCUT2D eigenvalue weighted by Gasteiger charge is -2.17. The second kappa shape index (κ2) is 9.91. The Kier molecular flexibility index (Phi) is 8.40. The maximum absolute atomic E-state index is 9.73. The number of rotatable bonds is 11. The Balaban J connectivity index is 2.01. The third-order valence-electron chi connectivity index (χ3n) is 2.63. The number of aliphatic hydroxyl groups is 1. The topological polar surface area (TPSA) is 68.5 Å². The Hall–Kier alpha value is -0.950. The van der Waals surface area contributed by atoms with Crippen LogP contribution in [-0.4, -0.2) is 59.8 Å². The summed E-state index contributed by atoms with van der Waals surface area (Å²) < 4.78 is 12.4. The minimum atomic E-state index is -0.494. The fourth-order valence-corrected chi connectivity index (χ4v) is 1.65. The number of hydrogen-bond acceptors (Lipinski definition) is 5. The lowest BCUT2D eigenvalue weighted by Crippen LogP contribution is -2.38. The van der Waals surface area contributed by atoms with Crippen LogP contribution >= 0.6 is 0 Å². The fourth-order valence-electron chi connectivity index (χ4n) is 1.65. The summed E-state index contributed by atoms with van der Waals surface area (Å²) in [6.07, 6.45) is 4.97. The maximum atomic E-state index is 9.73. The molecule has 2 N–H and O–H groups in total. The van der Waals surface area contributed by atoms with Gasteiger partial charge in [-0.2, -0.15) is 0 Å². The van der Waals surface area contributed by atoms with Crippen LogP contribution in [0.3, 0.4) is 0 Å². The summed E-state index contributed by atoms with van der Waals surface area (Å²) in [4.78, 5) is 3.99. The van der Waals surface area contributed by atoms with Crippen molar-refractivity contribution in [2.75, 3.05) is 33.0 Å². The Morgan fingerprint density at radius 1 is 1.37 bits per heavy atom. The van der Waals surface area contributed by atoms with E-state index in [1.807, 2.05) is 17.7 Å². The highest BCUT2D eigenvalue weighted by Crippen LogP contribution is 1.93. The van der Waals surface area contributed by atoms with E-state index in [0.717, 1.165) is 6.54 Å². The average Bonchev–Trinajstić information content (AvgIpc) is 2.89. The van der Waals surface area contributed by atoms with Gasteiger partial charge in [0.15, 0.2) is 0 Å². The first kappa shape index (κ1) is 16.1. The molecule has 19 heavy (non-hydrogen) atoms. The van der Waals surface area contributed by atoms with Gasteiger partial charge in [0.1, 0.15) is 0 Å².